The van der Waals surface area contributed by atoms with Crippen LogP contribution in [0.4, 0.5) is 0 Å². The summed E-state index contributed by atoms with van der Waals surface area (Å²) in [6, 6.07) is 13.8. The first-order chi connectivity index (χ1) is 7.80. The van der Waals surface area contributed by atoms with Gasteiger partial charge in [0.05, 0.1) is 0 Å². The molecule has 0 fully saturated rings. The van der Waals surface area contributed by atoms with E-state index in [1.54, 1.807) is 14.2 Å². The highest BCUT2D eigenvalue weighted by Gasteiger charge is 2.44. The van der Waals surface area contributed by atoms with Crippen molar-refractivity contribution in [2.24, 2.45) is 0 Å². The average Bonchev–Trinajstić information content (AvgIpc) is 2.67. The Hall–Kier alpha value is -1.16. The molecule has 82 valence electrons. The van der Waals surface area contributed by atoms with E-state index in [1.165, 1.54) is 21.5 Å². The van der Waals surface area contributed by atoms with Crippen LogP contribution < -0.4 is 5.19 Å². The molecule has 0 spiro atoms. The molecule has 2 aromatic carbocycles. The molecule has 1 heterocycles. The number of hydrogen-bond donors (Lipinski definition) is 0. The minimum atomic E-state index is -2.18. The SMILES string of the molecule is CO[Si]1(OC)Cc2cccc3cccc1c23. The van der Waals surface area contributed by atoms with Crippen molar-refractivity contribution in [1.82, 2.24) is 0 Å². The van der Waals surface area contributed by atoms with Crippen LogP contribution in [-0.4, -0.2) is 22.8 Å². The van der Waals surface area contributed by atoms with Crippen LogP contribution in [0.5, 0.6) is 0 Å². The van der Waals surface area contributed by atoms with Crippen molar-refractivity contribution in [2.75, 3.05) is 14.2 Å². The molecule has 1 aliphatic heterocycles. The van der Waals surface area contributed by atoms with Gasteiger partial charge in [-0.1, -0.05) is 36.4 Å². The standard InChI is InChI=1S/C13H14O2Si/c1-14-16(15-2)9-11-7-3-5-10-6-4-8-12(16)13(10)11/h3-8H,9H2,1-2H3. The highest BCUT2D eigenvalue weighted by atomic mass is 28.4. The highest BCUT2D eigenvalue weighted by molar-refractivity contribution is 6.84. The number of hydrogen-bond acceptors (Lipinski definition) is 2. The molecular formula is C13H14O2Si. The Labute approximate surface area is 96.1 Å². The molecule has 0 aliphatic carbocycles. The molecule has 0 amide bonds. The van der Waals surface area contributed by atoms with E-state index in [4.69, 9.17) is 8.85 Å². The van der Waals surface area contributed by atoms with Gasteiger partial charge in [-0.3, -0.25) is 0 Å². The fourth-order valence-corrected chi connectivity index (χ4v) is 5.59. The van der Waals surface area contributed by atoms with E-state index >= 15 is 0 Å². The van der Waals surface area contributed by atoms with Crippen LogP contribution in [0.15, 0.2) is 36.4 Å². The zero-order chi connectivity index (χ0) is 11.2. The van der Waals surface area contributed by atoms with Gasteiger partial charge in [-0.2, -0.15) is 0 Å². The van der Waals surface area contributed by atoms with Gasteiger partial charge in [0.25, 0.3) is 0 Å². The Kier molecular flexibility index (Phi) is 2.14. The monoisotopic (exact) mass is 230 g/mol. The summed E-state index contributed by atoms with van der Waals surface area (Å²) in [5, 5.41) is 3.92. The summed E-state index contributed by atoms with van der Waals surface area (Å²) in [5.41, 5.74) is 1.36. The zero-order valence-electron chi connectivity index (χ0n) is 9.49. The van der Waals surface area contributed by atoms with Gasteiger partial charge in [0.15, 0.2) is 0 Å². The predicted octanol–water partition coefficient (Wildman–Crippen LogP) is 1.88. The summed E-state index contributed by atoms with van der Waals surface area (Å²) < 4.78 is 11.5. The van der Waals surface area contributed by atoms with Crippen LogP contribution in [0.2, 0.25) is 0 Å². The Bertz CT molecular complexity index is 541. The zero-order valence-corrected chi connectivity index (χ0v) is 10.5. The molecule has 0 radical (unpaired) electrons. The first-order valence-electron chi connectivity index (χ1n) is 5.42. The highest BCUT2D eigenvalue weighted by Crippen LogP contribution is 2.29. The molecule has 0 aromatic heterocycles. The minimum Gasteiger partial charge on any atom is -0.394 e. The third-order valence-corrected chi connectivity index (χ3v) is 6.89. The first-order valence-corrected chi connectivity index (χ1v) is 7.44. The van der Waals surface area contributed by atoms with E-state index in [9.17, 15) is 0 Å². The van der Waals surface area contributed by atoms with Gasteiger partial charge in [-0.25, -0.2) is 0 Å². The Morgan fingerprint density at radius 3 is 2.38 bits per heavy atom. The molecule has 2 nitrogen and oxygen atoms in total. The summed E-state index contributed by atoms with van der Waals surface area (Å²) in [6.07, 6.45) is 0. The lowest BCUT2D eigenvalue weighted by molar-refractivity contribution is 0.258. The van der Waals surface area contributed by atoms with Crippen molar-refractivity contribution >= 4 is 24.5 Å². The van der Waals surface area contributed by atoms with E-state index in [1.807, 2.05) is 0 Å². The lowest BCUT2D eigenvalue weighted by Crippen LogP contribution is -2.51. The van der Waals surface area contributed by atoms with Crippen molar-refractivity contribution < 1.29 is 8.85 Å². The molecular weight excluding hydrogens is 216 g/mol. The first kappa shape index (κ1) is 10.0. The summed E-state index contributed by atoms with van der Waals surface area (Å²) in [4.78, 5) is 0. The lowest BCUT2D eigenvalue weighted by Gasteiger charge is -2.23. The smallest absolute Gasteiger partial charge is 0.377 e. The van der Waals surface area contributed by atoms with E-state index in [2.05, 4.69) is 36.4 Å². The molecule has 3 heteroatoms. The molecule has 0 unspecified atom stereocenters. The Morgan fingerprint density at radius 1 is 1.00 bits per heavy atom. The maximum atomic E-state index is 5.74. The van der Waals surface area contributed by atoms with Crippen LogP contribution in [0, 0.1) is 0 Å². The van der Waals surface area contributed by atoms with Gasteiger partial charge in [-0.15, -0.1) is 0 Å². The normalized spacial score (nSPS) is 16.9. The van der Waals surface area contributed by atoms with Crippen molar-refractivity contribution in [2.45, 2.75) is 6.04 Å². The van der Waals surface area contributed by atoms with E-state index in [0.717, 1.165) is 6.04 Å². The van der Waals surface area contributed by atoms with Gasteiger partial charge in [0.2, 0.25) is 0 Å². The largest absolute Gasteiger partial charge is 0.394 e. The molecule has 0 bridgehead atoms. The third kappa shape index (κ3) is 1.13. The second kappa shape index (κ2) is 3.42. The molecule has 3 rings (SSSR count). The van der Waals surface area contributed by atoms with E-state index in [-0.39, 0.29) is 0 Å². The fraction of sp³-hybridized carbons (Fsp3) is 0.231. The van der Waals surface area contributed by atoms with Gasteiger partial charge in [-0.05, 0) is 16.3 Å². The topological polar surface area (TPSA) is 18.5 Å². The summed E-state index contributed by atoms with van der Waals surface area (Å²) in [6.45, 7) is 0. The van der Waals surface area contributed by atoms with Gasteiger partial charge < -0.3 is 8.85 Å². The summed E-state index contributed by atoms with van der Waals surface area (Å²) in [7, 11) is 1.34. The van der Waals surface area contributed by atoms with Crippen LogP contribution in [-0.2, 0) is 14.9 Å². The van der Waals surface area contributed by atoms with Crippen LogP contribution in [0.1, 0.15) is 5.56 Å². The van der Waals surface area contributed by atoms with Crippen molar-refractivity contribution in [1.29, 1.82) is 0 Å². The van der Waals surface area contributed by atoms with Crippen LogP contribution in [0.3, 0.4) is 0 Å². The molecule has 0 N–H and O–H groups in total. The van der Waals surface area contributed by atoms with Crippen molar-refractivity contribution in [3.63, 3.8) is 0 Å². The number of benzene rings is 2. The molecule has 2 aromatic rings. The van der Waals surface area contributed by atoms with Crippen LogP contribution in [0.25, 0.3) is 10.8 Å². The third-order valence-electron chi connectivity index (χ3n) is 3.48. The fourth-order valence-electron chi connectivity index (χ4n) is 2.68. The summed E-state index contributed by atoms with van der Waals surface area (Å²) >= 11 is 0. The molecule has 0 saturated heterocycles. The molecule has 16 heavy (non-hydrogen) atoms. The number of rotatable bonds is 2. The Balaban J connectivity index is 2.36. The van der Waals surface area contributed by atoms with Gasteiger partial charge in [0, 0.05) is 25.5 Å². The molecule has 0 saturated carbocycles. The molecule has 1 aliphatic rings. The maximum absolute atomic E-state index is 5.74. The maximum Gasteiger partial charge on any atom is 0.377 e. The predicted molar refractivity (Wildman–Crippen MR) is 67.1 cm³/mol. The second-order valence-corrected chi connectivity index (χ2v) is 7.37. The van der Waals surface area contributed by atoms with Gasteiger partial charge in [0.1, 0.15) is 0 Å². The molecule has 0 atom stereocenters. The Morgan fingerprint density at radius 2 is 1.69 bits per heavy atom. The van der Waals surface area contributed by atoms with E-state index in [0.29, 0.717) is 0 Å². The van der Waals surface area contributed by atoms with E-state index < -0.39 is 8.56 Å². The lowest BCUT2D eigenvalue weighted by atomic mass is 10.1. The van der Waals surface area contributed by atoms with Gasteiger partial charge >= 0.3 is 8.56 Å². The summed E-state index contributed by atoms with van der Waals surface area (Å²) in [5.74, 6) is 0. The minimum absolute atomic E-state index is 0.927. The second-order valence-electron chi connectivity index (χ2n) is 4.16. The average molecular weight is 230 g/mol. The van der Waals surface area contributed by atoms with Crippen molar-refractivity contribution in [3.8, 4) is 0 Å². The van der Waals surface area contributed by atoms with Crippen molar-refractivity contribution in [3.05, 3.63) is 42.0 Å². The quantitative estimate of drug-likeness (QED) is 0.733. The van der Waals surface area contributed by atoms with Crippen LogP contribution >= 0.6 is 0 Å².